The van der Waals surface area contributed by atoms with Crippen LogP contribution in [0.5, 0.6) is 5.75 Å². The van der Waals surface area contributed by atoms with Crippen molar-refractivity contribution in [2.24, 2.45) is 0 Å². The van der Waals surface area contributed by atoms with E-state index in [1.165, 1.54) is 0 Å². The van der Waals surface area contributed by atoms with E-state index in [-0.39, 0.29) is 12.1 Å². The van der Waals surface area contributed by atoms with Gasteiger partial charge in [0.05, 0.1) is 11.1 Å². The lowest BCUT2D eigenvalue weighted by Gasteiger charge is -2.44. The van der Waals surface area contributed by atoms with Crippen LogP contribution < -0.4 is 15.4 Å². The molecule has 90 valence electrons. The first kappa shape index (κ1) is 11.0. The number of urea groups is 1. The smallest absolute Gasteiger partial charge is 0.318 e. The zero-order valence-corrected chi connectivity index (χ0v) is 10.5. The first-order valence-corrected chi connectivity index (χ1v) is 5.99. The van der Waals surface area contributed by atoms with Gasteiger partial charge in [-0.1, -0.05) is 23.2 Å². The zero-order valence-electron chi connectivity index (χ0n) is 9.01. The molecule has 2 heterocycles. The van der Waals surface area contributed by atoms with Gasteiger partial charge in [-0.2, -0.15) is 0 Å². The number of nitrogens with one attached hydrogen (secondary N) is 2. The Bertz CT molecular complexity index is 520. The molecule has 4 nitrogen and oxygen atoms in total. The number of rotatable bonds is 0. The highest BCUT2D eigenvalue weighted by molar-refractivity contribution is 6.35. The molecule has 17 heavy (non-hydrogen) atoms. The first-order valence-electron chi connectivity index (χ1n) is 5.23. The molecule has 0 aliphatic carbocycles. The maximum Gasteiger partial charge on any atom is 0.318 e. The van der Waals surface area contributed by atoms with E-state index in [4.69, 9.17) is 27.9 Å². The molecule has 0 saturated carbocycles. The van der Waals surface area contributed by atoms with Gasteiger partial charge < -0.3 is 15.4 Å². The Morgan fingerprint density at radius 1 is 1.47 bits per heavy atom. The van der Waals surface area contributed by atoms with Crippen LogP contribution in [0.1, 0.15) is 24.9 Å². The molecule has 2 bridgehead atoms. The van der Waals surface area contributed by atoms with Gasteiger partial charge in [0.25, 0.3) is 0 Å². The molecule has 2 aliphatic rings. The van der Waals surface area contributed by atoms with Crippen LogP contribution in [0.2, 0.25) is 10.0 Å². The molecule has 1 aromatic carbocycles. The Balaban J connectivity index is 2.16. The minimum atomic E-state index is -0.711. The number of carbonyl (C=O) groups is 1. The van der Waals surface area contributed by atoms with Crippen LogP contribution in [-0.2, 0) is 0 Å². The molecule has 2 N–H and O–H groups in total. The molecule has 0 spiro atoms. The molecule has 0 unspecified atom stereocenters. The second-order valence-electron chi connectivity index (χ2n) is 4.49. The largest absolute Gasteiger partial charge is 0.466 e. The summed E-state index contributed by atoms with van der Waals surface area (Å²) >= 11 is 12.1. The Hall–Kier alpha value is -1.13. The van der Waals surface area contributed by atoms with Crippen molar-refractivity contribution in [3.63, 3.8) is 0 Å². The summed E-state index contributed by atoms with van der Waals surface area (Å²) in [5.41, 5.74) is 0.118. The van der Waals surface area contributed by atoms with E-state index in [9.17, 15) is 4.79 Å². The van der Waals surface area contributed by atoms with Crippen molar-refractivity contribution in [1.29, 1.82) is 0 Å². The summed E-state index contributed by atoms with van der Waals surface area (Å²) < 4.78 is 5.78. The van der Waals surface area contributed by atoms with Gasteiger partial charge in [-0.05, 0) is 19.1 Å². The zero-order chi connectivity index (χ0) is 12.2. The van der Waals surface area contributed by atoms with Gasteiger partial charge in [0, 0.05) is 17.0 Å². The predicted molar refractivity (Wildman–Crippen MR) is 64.5 cm³/mol. The molecule has 2 atom stereocenters. The number of benzene rings is 1. The quantitative estimate of drug-likeness (QED) is 0.763. The lowest BCUT2D eigenvalue weighted by atomic mass is 9.92. The van der Waals surface area contributed by atoms with Crippen LogP contribution in [0.25, 0.3) is 0 Å². The van der Waals surface area contributed by atoms with Gasteiger partial charge in [0.1, 0.15) is 5.75 Å². The lowest BCUT2D eigenvalue weighted by molar-refractivity contribution is 0.0120. The average Bonchev–Trinajstić information content (AvgIpc) is 2.19. The summed E-state index contributed by atoms with van der Waals surface area (Å²) in [4.78, 5) is 11.5. The fourth-order valence-electron chi connectivity index (χ4n) is 2.35. The van der Waals surface area contributed by atoms with E-state index in [1.807, 2.05) is 6.92 Å². The highest BCUT2D eigenvalue weighted by Crippen LogP contribution is 2.45. The SMILES string of the molecule is C[C@@]12C[C@@H](NC(=O)N1)c1cc(Cl)cc(Cl)c1O2. The van der Waals surface area contributed by atoms with Crippen molar-refractivity contribution in [2.45, 2.75) is 25.1 Å². The van der Waals surface area contributed by atoms with Crippen LogP contribution in [0, 0.1) is 0 Å². The summed E-state index contributed by atoms with van der Waals surface area (Å²) in [6.45, 7) is 1.83. The first-order chi connectivity index (χ1) is 7.97. The van der Waals surface area contributed by atoms with Gasteiger partial charge in [0.15, 0.2) is 5.72 Å². The summed E-state index contributed by atoms with van der Waals surface area (Å²) in [7, 11) is 0. The minimum Gasteiger partial charge on any atom is -0.466 e. The Kier molecular flexibility index (Phi) is 2.22. The number of hydrogen-bond acceptors (Lipinski definition) is 2. The third-order valence-electron chi connectivity index (χ3n) is 3.02. The van der Waals surface area contributed by atoms with Crippen molar-refractivity contribution >= 4 is 29.2 Å². The Labute approximate surface area is 108 Å². The topological polar surface area (TPSA) is 50.4 Å². The number of hydrogen-bond donors (Lipinski definition) is 2. The maximum absolute atomic E-state index is 11.5. The van der Waals surface area contributed by atoms with E-state index in [0.717, 1.165) is 5.56 Å². The molecule has 2 aliphatic heterocycles. The van der Waals surface area contributed by atoms with Crippen LogP contribution >= 0.6 is 23.2 Å². The van der Waals surface area contributed by atoms with E-state index in [2.05, 4.69) is 10.6 Å². The maximum atomic E-state index is 11.5. The third-order valence-corrected chi connectivity index (χ3v) is 3.52. The molecule has 6 heteroatoms. The molecule has 1 fully saturated rings. The number of amides is 2. The van der Waals surface area contributed by atoms with E-state index >= 15 is 0 Å². The molecule has 1 aromatic rings. The van der Waals surface area contributed by atoms with E-state index in [1.54, 1.807) is 12.1 Å². The van der Waals surface area contributed by atoms with Gasteiger partial charge in [0.2, 0.25) is 0 Å². The van der Waals surface area contributed by atoms with Crippen molar-refractivity contribution in [3.05, 3.63) is 27.7 Å². The second-order valence-corrected chi connectivity index (χ2v) is 5.34. The predicted octanol–water partition coefficient (Wildman–Crippen LogP) is 2.85. The van der Waals surface area contributed by atoms with Crippen molar-refractivity contribution in [2.75, 3.05) is 0 Å². The Morgan fingerprint density at radius 3 is 3.00 bits per heavy atom. The number of carbonyl (C=O) groups excluding carboxylic acids is 1. The van der Waals surface area contributed by atoms with E-state index in [0.29, 0.717) is 22.2 Å². The fraction of sp³-hybridized carbons (Fsp3) is 0.364. The van der Waals surface area contributed by atoms with Gasteiger partial charge in [-0.15, -0.1) is 0 Å². The number of ether oxygens (including phenoxy) is 1. The highest BCUT2D eigenvalue weighted by atomic mass is 35.5. The van der Waals surface area contributed by atoms with Gasteiger partial charge in [-0.3, -0.25) is 0 Å². The molecule has 3 rings (SSSR count). The monoisotopic (exact) mass is 272 g/mol. The van der Waals surface area contributed by atoms with Gasteiger partial charge >= 0.3 is 6.03 Å². The summed E-state index contributed by atoms with van der Waals surface area (Å²) in [5.74, 6) is 0.585. The normalized spacial score (nSPS) is 29.8. The molecule has 0 aromatic heterocycles. The second kappa shape index (κ2) is 3.43. The summed E-state index contributed by atoms with van der Waals surface area (Å²) in [6, 6.07) is 3.05. The molecule has 1 saturated heterocycles. The fourth-order valence-corrected chi connectivity index (χ4v) is 2.90. The van der Waals surface area contributed by atoms with E-state index < -0.39 is 5.72 Å². The average molecular weight is 273 g/mol. The van der Waals surface area contributed by atoms with Gasteiger partial charge in [-0.25, -0.2) is 4.79 Å². The number of halogens is 2. The van der Waals surface area contributed by atoms with Crippen molar-refractivity contribution in [3.8, 4) is 5.75 Å². The molecule has 2 amide bonds. The summed E-state index contributed by atoms with van der Waals surface area (Å²) in [5, 5.41) is 6.57. The van der Waals surface area contributed by atoms with Crippen LogP contribution in [0.3, 0.4) is 0 Å². The van der Waals surface area contributed by atoms with Crippen LogP contribution in [-0.4, -0.2) is 11.8 Å². The molecule has 0 radical (unpaired) electrons. The lowest BCUT2D eigenvalue weighted by Crippen LogP contribution is -2.62. The number of fused-ring (bicyclic) bond motifs is 4. The van der Waals surface area contributed by atoms with Crippen molar-refractivity contribution in [1.82, 2.24) is 10.6 Å². The van der Waals surface area contributed by atoms with Crippen LogP contribution in [0.15, 0.2) is 12.1 Å². The minimum absolute atomic E-state index is 0.117. The Morgan fingerprint density at radius 2 is 2.24 bits per heavy atom. The standard InChI is InChI=1S/C11H10Cl2N2O2/c1-11-4-8(14-10(16)15-11)6-2-5(12)3-7(13)9(6)17-11/h2-3,8H,4H2,1H3,(H2,14,15,16)/t8-,11-/m1/s1. The van der Waals surface area contributed by atoms with Crippen LogP contribution in [0.4, 0.5) is 4.79 Å². The summed E-state index contributed by atoms with van der Waals surface area (Å²) in [6.07, 6.45) is 0.641. The molecular formula is C11H10Cl2N2O2. The third kappa shape index (κ3) is 1.72. The highest BCUT2D eigenvalue weighted by Gasteiger charge is 2.44. The molecular weight excluding hydrogens is 263 g/mol. The van der Waals surface area contributed by atoms with Crippen molar-refractivity contribution < 1.29 is 9.53 Å².